The molecule has 11 atom stereocenters. The first kappa shape index (κ1) is 66.1. The van der Waals surface area contributed by atoms with Crippen LogP contribution in [-0.4, -0.2) is 177 Å². The number of hydrogen-bond donors (Lipinski definition) is 10. The molecule has 25 heteroatoms. The minimum Gasteiger partial charge on any atom is -0.343 e. The lowest BCUT2D eigenvalue weighted by Crippen LogP contribution is -2.69. The van der Waals surface area contributed by atoms with Gasteiger partial charge in [0.2, 0.25) is 41.4 Å². The number of nitrogens with two attached hydrogens (primary N) is 4. The highest BCUT2D eigenvalue weighted by atomic mass is 16.2. The van der Waals surface area contributed by atoms with Crippen molar-refractivity contribution < 1.29 is 47.9 Å². The minimum atomic E-state index is -1.41. The van der Waals surface area contributed by atoms with Crippen LogP contribution in [0.5, 0.6) is 0 Å². The van der Waals surface area contributed by atoms with Gasteiger partial charge in [-0.15, -0.1) is 0 Å². The topological polar surface area (TPSA) is 363 Å². The van der Waals surface area contributed by atoms with Gasteiger partial charge >= 0.3 is 0 Å². The number of nitrogens with one attached hydrogen (secondary N) is 6. The summed E-state index contributed by atoms with van der Waals surface area (Å²) in [4.78, 5) is 150. The number of fused-ring (bicyclic) bond motifs is 4. The fraction of sp³-hybridized carbons (Fsp3) is 0.627. The second kappa shape index (κ2) is 30.7. The van der Waals surface area contributed by atoms with E-state index in [1.807, 2.05) is 19.9 Å². The van der Waals surface area contributed by atoms with Crippen molar-refractivity contribution >= 4 is 59.1 Å². The van der Waals surface area contributed by atoms with Crippen molar-refractivity contribution in [3.05, 3.63) is 71.8 Å². The molecule has 0 aromatic heterocycles. The lowest BCUT2D eigenvalue weighted by molar-refractivity contribution is -0.157. The molecule has 84 heavy (non-hydrogen) atoms. The molecule has 14 N–H and O–H groups in total. The van der Waals surface area contributed by atoms with Gasteiger partial charge in [-0.05, 0) is 113 Å². The molecular weight excluding hydrogens is 1080 g/mol. The highest BCUT2D eigenvalue weighted by Crippen LogP contribution is 2.27. The van der Waals surface area contributed by atoms with Crippen LogP contribution in [0, 0.1) is 17.8 Å². The molecular formula is C59H91N15O10. The van der Waals surface area contributed by atoms with Crippen molar-refractivity contribution in [1.29, 1.82) is 0 Å². The van der Waals surface area contributed by atoms with Gasteiger partial charge in [-0.25, -0.2) is 17.1 Å². The van der Waals surface area contributed by atoms with E-state index >= 15 is 9.59 Å². The molecule has 0 spiro atoms. The fourth-order valence-electron chi connectivity index (χ4n) is 11.6. The van der Waals surface area contributed by atoms with Crippen LogP contribution in [0.1, 0.15) is 124 Å². The number of rotatable bonds is 14. The van der Waals surface area contributed by atoms with Crippen molar-refractivity contribution in [3.8, 4) is 0 Å². The standard InChI is InChI=1S/C59H91N15O10/c1-34(2)30-41-55(80)73(63)46(32-38-18-10-8-11-19-38)57(82)70-28-16-25-44(70)52(77)68-49(36(5)6)59(84)72(62)45(23-15-27-61)53(78)66-42-31-37(7)69-74(56(42)81)47(33-39-20-12-9-13-21-39)58(83)71-29-17-24-43(71)51(76)67-48(35(3)4)54(79)64-40(22-14-26-60)50(75)65-41/h8-13,18-21,34-37,40-49,69H,14-17,22-33,60-63H2,1-7H3,(H,64,79)(H,65,75)(H,66,78)(H,67,76)(H,68,77)/t37?,40-,41?,42?,43-,44-,45-,46+,47+,48-,49-/m0/s1. The summed E-state index contributed by atoms with van der Waals surface area (Å²) >= 11 is 0. The van der Waals surface area contributed by atoms with Gasteiger partial charge in [0.05, 0.1) is 0 Å². The monoisotopic (exact) mass is 1170 g/mol. The van der Waals surface area contributed by atoms with Gasteiger partial charge in [-0.3, -0.25) is 63.0 Å². The Morgan fingerprint density at radius 3 is 1.52 bits per heavy atom. The molecule has 6 rings (SSSR count). The number of carbonyl (C=O) groups is 10. The summed E-state index contributed by atoms with van der Waals surface area (Å²) in [5.74, 6) is 4.95. The zero-order valence-electron chi connectivity index (χ0n) is 49.8. The predicted octanol–water partition coefficient (Wildman–Crippen LogP) is -0.637. The molecule has 2 bridgehead atoms. The average molecular weight is 1170 g/mol. The molecule has 2 aromatic rings. The Kier molecular flexibility index (Phi) is 24.1. The van der Waals surface area contributed by atoms with Crippen molar-refractivity contribution in [1.82, 2.24) is 56.8 Å². The summed E-state index contributed by atoms with van der Waals surface area (Å²) in [5.41, 5.74) is 16.4. The Balaban J connectivity index is 1.43. The van der Waals surface area contributed by atoms with Crippen LogP contribution in [0.15, 0.2) is 60.7 Å². The summed E-state index contributed by atoms with van der Waals surface area (Å²) in [6, 6.07) is 4.67. The number of benzene rings is 2. The molecule has 4 fully saturated rings. The zero-order chi connectivity index (χ0) is 61.5. The molecule has 3 unspecified atom stereocenters. The Hall–Kier alpha value is -7.06. The number of carbonyl (C=O) groups excluding carboxylic acids is 10. The summed E-state index contributed by atoms with van der Waals surface area (Å²) in [7, 11) is 0. The molecule has 462 valence electrons. The molecule has 2 aromatic carbocycles. The normalized spacial score (nSPS) is 28.1. The first-order chi connectivity index (χ1) is 40.0. The number of amides is 10. The Bertz CT molecular complexity index is 2630. The molecule has 0 radical (unpaired) electrons. The summed E-state index contributed by atoms with van der Waals surface area (Å²) < 4.78 is 0. The molecule has 4 aliphatic heterocycles. The lowest BCUT2D eigenvalue weighted by atomic mass is 9.98. The van der Waals surface area contributed by atoms with Gasteiger partial charge in [-0.1, -0.05) is 102 Å². The molecule has 10 amide bonds. The first-order valence-corrected chi connectivity index (χ1v) is 29.8. The summed E-state index contributed by atoms with van der Waals surface area (Å²) in [6.45, 7) is 12.7. The van der Waals surface area contributed by atoms with Gasteiger partial charge < -0.3 is 47.9 Å². The quantitative estimate of drug-likeness (QED) is 0.0831. The van der Waals surface area contributed by atoms with E-state index in [0.717, 1.165) is 10.0 Å². The molecule has 4 aliphatic rings. The second-order valence-electron chi connectivity index (χ2n) is 23.9. The lowest BCUT2D eigenvalue weighted by Gasteiger charge is -2.42. The second-order valence-corrected chi connectivity index (χ2v) is 23.9. The van der Waals surface area contributed by atoms with E-state index in [0.29, 0.717) is 24.0 Å². The smallest absolute Gasteiger partial charge is 0.260 e. The zero-order valence-corrected chi connectivity index (χ0v) is 49.8. The largest absolute Gasteiger partial charge is 0.343 e. The third kappa shape index (κ3) is 16.6. The number of nitrogens with zero attached hydrogens (tertiary/aromatic N) is 5. The predicted molar refractivity (Wildman–Crippen MR) is 313 cm³/mol. The molecule has 0 saturated carbocycles. The van der Waals surface area contributed by atoms with E-state index in [-0.39, 0.29) is 96.3 Å². The highest BCUT2D eigenvalue weighted by molar-refractivity contribution is 6.00. The average Bonchev–Trinajstić information content (AvgIpc) is 3.85. The summed E-state index contributed by atoms with van der Waals surface area (Å²) in [5, 5.41) is 16.9. The number of hydrogen-bond acceptors (Lipinski definition) is 15. The van der Waals surface area contributed by atoms with Crippen molar-refractivity contribution in [2.75, 3.05) is 26.2 Å². The molecule has 0 aliphatic carbocycles. The van der Waals surface area contributed by atoms with E-state index in [2.05, 4.69) is 32.0 Å². The Labute approximate surface area is 493 Å². The summed E-state index contributed by atoms with van der Waals surface area (Å²) in [6.07, 6.45) is 1.73. The van der Waals surface area contributed by atoms with Gasteiger partial charge in [0.25, 0.3) is 17.7 Å². The maximum absolute atomic E-state index is 15.2. The van der Waals surface area contributed by atoms with Gasteiger partial charge in [0.15, 0.2) is 0 Å². The van der Waals surface area contributed by atoms with E-state index in [9.17, 15) is 38.4 Å². The highest BCUT2D eigenvalue weighted by Gasteiger charge is 2.48. The third-order valence-electron chi connectivity index (χ3n) is 16.2. The van der Waals surface area contributed by atoms with Gasteiger partial charge in [0, 0.05) is 32.0 Å². The van der Waals surface area contributed by atoms with Gasteiger partial charge in [0.1, 0.15) is 60.4 Å². The van der Waals surface area contributed by atoms with Crippen molar-refractivity contribution in [2.45, 2.75) is 192 Å². The van der Waals surface area contributed by atoms with E-state index in [4.69, 9.17) is 23.2 Å². The molecule has 4 saturated heterocycles. The number of hydrazine groups is 3. The SMILES string of the molecule is CC(C)CC1NC(=O)[C@H](CCCN)NC(=O)[C@H](C(C)C)NC(=O)[C@@H]2CCCN2C(=O)[C@@H](Cc2ccccc2)N2NC(C)CC(NC(=O)[C@H](CCCN)N(N)C(=O)[C@H](C(C)C)NC(=O)[C@@H]3CCCN3C(=O)[C@@H](Cc3ccccc3)N(N)C1=O)C2=O. The maximum Gasteiger partial charge on any atom is 0.260 e. The van der Waals surface area contributed by atoms with E-state index < -0.39 is 137 Å². The van der Waals surface area contributed by atoms with Crippen molar-refractivity contribution in [3.63, 3.8) is 0 Å². The maximum atomic E-state index is 15.2. The van der Waals surface area contributed by atoms with Crippen LogP contribution < -0.4 is 55.2 Å². The van der Waals surface area contributed by atoms with Crippen LogP contribution in [0.4, 0.5) is 0 Å². The molecule has 4 heterocycles. The van der Waals surface area contributed by atoms with Crippen LogP contribution >= 0.6 is 0 Å². The first-order valence-electron chi connectivity index (χ1n) is 29.8. The Morgan fingerprint density at radius 1 is 0.512 bits per heavy atom. The van der Waals surface area contributed by atoms with Gasteiger partial charge in [-0.2, -0.15) is 0 Å². The Morgan fingerprint density at radius 2 is 1.00 bits per heavy atom. The third-order valence-corrected chi connectivity index (χ3v) is 16.2. The fourth-order valence-corrected chi connectivity index (χ4v) is 11.6. The van der Waals surface area contributed by atoms with Crippen molar-refractivity contribution in [2.24, 2.45) is 40.9 Å². The van der Waals surface area contributed by atoms with Crippen LogP contribution in [-0.2, 0) is 60.8 Å². The van der Waals surface area contributed by atoms with E-state index in [1.54, 1.807) is 89.2 Å². The van der Waals surface area contributed by atoms with Crippen LogP contribution in [0.2, 0.25) is 0 Å². The minimum absolute atomic E-state index is 0.000409. The molecule has 25 nitrogen and oxygen atoms in total. The van der Waals surface area contributed by atoms with E-state index in [1.165, 1.54) is 14.8 Å². The van der Waals surface area contributed by atoms with Crippen LogP contribution in [0.25, 0.3) is 0 Å². The van der Waals surface area contributed by atoms with Crippen LogP contribution in [0.3, 0.4) is 0 Å².